The highest BCUT2D eigenvalue weighted by Gasteiger charge is 2.29. The molecular formula is C25H32FN5O4. The summed E-state index contributed by atoms with van der Waals surface area (Å²) in [4.78, 5) is 24.2. The number of anilines is 1. The third kappa shape index (κ3) is 5.93. The number of urea groups is 1. The Morgan fingerprint density at radius 2 is 1.94 bits per heavy atom. The molecule has 2 aliphatic heterocycles. The molecule has 5 rings (SSSR count). The van der Waals surface area contributed by atoms with E-state index in [0.717, 1.165) is 30.6 Å². The number of hydrogen-bond acceptors (Lipinski definition) is 7. The van der Waals surface area contributed by atoms with Crippen LogP contribution in [0.1, 0.15) is 37.8 Å². The van der Waals surface area contributed by atoms with E-state index >= 15 is 0 Å². The van der Waals surface area contributed by atoms with Gasteiger partial charge in [0.1, 0.15) is 18.2 Å². The quantitative estimate of drug-likeness (QED) is 0.614. The van der Waals surface area contributed by atoms with Gasteiger partial charge >= 0.3 is 6.03 Å². The minimum Gasteiger partial charge on any atom is -0.489 e. The highest BCUT2D eigenvalue weighted by Crippen LogP contribution is 2.32. The Balaban J connectivity index is 1.13. The van der Waals surface area contributed by atoms with Crippen molar-refractivity contribution in [2.75, 3.05) is 50.9 Å². The van der Waals surface area contributed by atoms with E-state index in [1.807, 2.05) is 36.1 Å². The van der Waals surface area contributed by atoms with Crippen molar-refractivity contribution >= 4 is 11.8 Å². The monoisotopic (exact) mass is 485 g/mol. The van der Waals surface area contributed by atoms with Crippen LogP contribution < -0.4 is 19.7 Å². The van der Waals surface area contributed by atoms with Gasteiger partial charge in [-0.2, -0.15) is 9.37 Å². The topological polar surface area (TPSA) is 89.1 Å². The molecule has 1 aromatic heterocycles. The second kappa shape index (κ2) is 10.6. The Labute approximate surface area is 204 Å². The number of aromatic nitrogens is 2. The lowest BCUT2D eigenvalue weighted by Crippen LogP contribution is -2.46. The molecule has 0 bridgehead atoms. The maximum atomic E-state index is 14.9. The number of nitrogens with zero attached hydrogens (tertiary/aromatic N) is 4. The molecule has 35 heavy (non-hydrogen) atoms. The van der Waals surface area contributed by atoms with Gasteiger partial charge in [-0.3, -0.25) is 0 Å². The number of carbonyl (C=O) groups is 1. The predicted molar refractivity (Wildman–Crippen MR) is 127 cm³/mol. The Morgan fingerprint density at radius 3 is 2.69 bits per heavy atom. The molecule has 2 atom stereocenters. The summed E-state index contributed by atoms with van der Waals surface area (Å²) in [6, 6.07) is 7.53. The summed E-state index contributed by atoms with van der Waals surface area (Å²) in [7, 11) is 0. The number of benzene rings is 1. The Morgan fingerprint density at radius 1 is 1.17 bits per heavy atom. The van der Waals surface area contributed by atoms with Crippen LogP contribution in [0.5, 0.6) is 11.6 Å². The van der Waals surface area contributed by atoms with Gasteiger partial charge in [0.2, 0.25) is 5.82 Å². The standard InChI is InChI=1S/C25H32FN5O4/c1-17(29-25(32)30-10-12-33-13-11-30)19-4-6-20(7-5-19)35-21-8-9-31(14-21)23-22(26)24(28-16-27-23)34-15-18-2-3-18/h4-7,16-18,21H,2-3,8-15H2,1H3,(H,29,32)/t17-,21?/m0/s1. The largest absolute Gasteiger partial charge is 0.489 e. The molecule has 0 spiro atoms. The molecule has 2 aromatic rings. The molecule has 188 valence electrons. The Hall–Kier alpha value is -3.14. The summed E-state index contributed by atoms with van der Waals surface area (Å²) in [6.45, 7) is 6.01. The molecule has 3 fully saturated rings. The van der Waals surface area contributed by atoms with E-state index in [0.29, 0.717) is 51.9 Å². The van der Waals surface area contributed by atoms with Gasteiger partial charge in [0.05, 0.1) is 32.4 Å². The van der Waals surface area contributed by atoms with Gasteiger partial charge in [0, 0.05) is 26.1 Å². The second-order valence-corrected chi connectivity index (χ2v) is 9.38. The molecular weight excluding hydrogens is 453 g/mol. The Kier molecular flexibility index (Phi) is 7.17. The number of nitrogens with one attached hydrogen (secondary N) is 1. The molecule has 1 aromatic carbocycles. The minimum absolute atomic E-state index is 0.0247. The fourth-order valence-electron chi connectivity index (χ4n) is 4.32. The van der Waals surface area contributed by atoms with Crippen LogP contribution in [-0.2, 0) is 4.74 Å². The lowest BCUT2D eigenvalue weighted by atomic mass is 10.1. The van der Waals surface area contributed by atoms with E-state index in [4.69, 9.17) is 14.2 Å². The Bertz CT molecular complexity index is 1010. The molecule has 0 radical (unpaired) electrons. The van der Waals surface area contributed by atoms with Gasteiger partial charge in [-0.15, -0.1) is 0 Å². The third-order valence-corrected chi connectivity index (χ3v) is 6.66. The average molecular weight is 486 g/mol. The first-order chi connectivity index (χ1) is 17.1. The molecule has 1 unspecified atom stereocenters. The number of amides is 2. The molecule has 1 saturated carbocycles. The third-order valence-electron chi connectivity index (χ3n) is 6.66. The van der Waals surface area contributed by atoms with Gasteiger partial charge in [0.25, 0.3) is 5.88 Å². The van der Waals surface area contributed by atoms with Crippen LogP contribution in [0.25, 0.3) is 0 Å². The van der Waals surface area contributed by atoms with Crippen LogP contribution in [0.15, 0.2) is 30.6 Å². The van der Waals surface area contributed by atoms with Gasteiger partial charge in [-0.05, 0) is 43.4 Å². The first kappa shape index (κ1) is 23.6. The predicted octanol–water partition coefficient (Wildman–Crippen LogP) is 3.17. The molecule has 3 heterocycles. The first-order valence-electron chi connectivity index (χ1n) is 12.3. The fraction of sp³-hybridized carbons (Fsp3) is 0.560. The van der Waals surface area contributed by atoms with Crippen LogP contribution in [0.2, 0.25) is 0 Å². The lowest BCUT2D eigenvalue weighted by molar-refractivity contribution is 0.0526. The number of halogens is 1. The van der Waals surface area contributed by atoms with Gasteiger partial charge in [0.15, 0.2) is 5.82 Å². The van der Waals surface area contributed by atoms with Crippen LogP contribution in [0.3, 0.4) is 0 Å². The van der Waals surface area contributed by atoms with Crippen molar-refractivity contribution in [3.63, 3.8) is 0 Å². The number of ether oxygens (including phenoxy) is 3. The molecule has 10 heteroatoms. The van der Waals surface area contributed by atoms with Gasteiger partial charge in [-0.25, -0.2) is 9.78 Å². The van der Waals surface area contributed by atoms with Crippen LogP contribution in [0.4, 0.5) is 15.0 Å². The smallest absolute Gasteiger partial charge is 0.318 e. The maximum Gasteiger partial charge on any atom is 0.318 e. The van der Waals surface area contributed by atoms with Crippen molar-refractivity contribution in [1.29, 1.82) is 0 Å². The van der Waals surface area contributed by atoms with E-state index in [2.05, 4.69) is 15.3 Å². The summed E-state index contributed by atoms with van der Waals surface area (Å²) in [5.74, 6) is 1.04. The van der Waals surface area contributed by atoms with E-state index in [1.54, 1.807) is 4.90 Å². The van der Waals surface area contributed by atoms with Crippen molar-refractivity contribution in [1.82, 2.24) is 20.2 Å². The minimum atomic E-state index is -0.508. The van der Waals surface area contributed by atoms with E-state index in [1.165, 1.54) is 6.33 Å². The zero-order valence-corrected chi connectivity index (χ0v) is 20.0. The summed E-state index contributed by atoms with van der Waals surface area (Å²) in [5, 5.41) is 3.04. The van der Waals surface area contributed by atoms with Gasteiger partial charge in [-0.1, -0.05) is 12.1 Å². The number of hydrogen-bond donors (Lipinski definition) is 1. The number of rotatable bonds is 8. The van der Waals surface area contributed by atoms with E-state index in [9.17, 15) is 9.18 Å². The summed E-state index contributed by atoms with van der Waals surface area (Å²) in [5.41, 5.74) is 0.994. The zero-order chi connectivity index (χ0) is 24.2. The van der Waals surface area contributed by atoms with Crippen LogP contribution in [0, 0.1) is 11.7 Å². The van der Waals surface area contributed by atoms with Crippen LogP contribution >= 0.6 is 0 Å². The second-order valence-electron chi connectivity index (χ2n) is 9.38. The zero-order valence-electron chi connectivity index (χ0n) is 20.0. The van der Waals surface area contributed by atoms with E-state index in [-0.39, 0.29) is 29.9 Å². The summed E-state index contributed by atoms with van der Waals surface area (Å²) in [6.07, 6.45) is 4.30. The normalized spacial score (nSPS) is 21.0. The molecule has 3 aliphatic rings. The lowest BCUT2D eigenvalue weighted by Gasteiger charge is -2.28. The number of morpholine rings is 1. The average Bonchev–Trinajstić information content (AvgIpc) is 3.61. The van der Waals surface area contributed by atoms with Gasteiger partial charge < -0.3 is 29.3 Å². The van der Waals surface area contributed by atoms with Crippen molar-refractivity contribution in [3.05, 3.63) is 42.0 Å². The summed E-state index contributed by atoms with van der Waals surface area (Å²) < 4.78 is 31.9. The SMILES string of the molecule is C[C@H](NC(=O)N1CCOCC1)c1ccc(OC2CCN(c3ncnc(OCC4CC4)c3F)C2)cc1. The summed E-state index contributed by atoms with van der Waals surface area (Å²) >= 11 is 0. The van der Waals surface area contributed by atoms with E-state index < -0.39 is 5.82 Å². The fourth-order valence-corrected chi connectivity index (χ4v) is 4.32. The molecule has 1 aliphatic carbocycles. The van der Waals surface area contributed by atoms with Crippen molar-refractivity contribution in [2.24, 2.45) is 5.92 Å². The highest BCUT2D eigenvalue weighted by molar-refractivity contribution is 5.74. The highest BCUT2D eigenvalue weighted by atomic mass is 19.1. The van der Waals surface area contributed by atoms with Crippen LogP contribution in [-0.4, -0.2) is 73.0 Å². The van der Waals surface area contributed by atoms with Crippen molar-refractivity contribution < 1.29 is 23.4 Å². The maximum absolute atomic E-state index is 14.9. The van der Waals surface area contributed by atoms with Crippen molar-refractivity contribution in [2.45, 2.75) is 38.3 Å². The van der Waals surface area contributed by atoms with Crippen molar-refractivity contribution in [3.8, 4) is 11.6 Å². The molecule has 2 saturated heterocycles. The molecule has 2 amide bonds. The molecule has 9 nitrogen and oxygen atoms in total. The first-order valence-corrected chi connectivity index (χ1v) is 12.3. The molecule has 1 N–H and O–H groups in total. The number of carbonyl (C=O) groups excluding carboxylic acids is 1.